The van der Waals surface area contributed by atoms with Gasteiger partial charge >= 0.3 is 5.97 Å². The zero-order valence-corrected chi connectivity index (χ0v) is 9.75. The summed E-state index contributed by atoms with van der Waals surface area (Å²) in [6.07, 6.45) is 0. The van der Waals surface area contributed by atoms with E-state index >= 15 is 0 Å². The molecular formula is C11H20N2O2. The molecule has 86 valence electrons. The number of esters is 1. The highest BCUT2D eigenvalue weighted by atomic mass is 16.6. The van der Waals surface area contributed by atoms with Gasteiger partial charge in [-0.1, -0.05) is 0 Å². The minimum Gasteiger partial charge on any atom is -0.460 e. The first-order valence-electron chi connectivity index (χ1n) is 5.63. The van der Waals surface area contributed by atoms with Crippen molar-refractivity contribution < 1.29 is 9.53 Å². The Morgan fingerprint density at radius 2 is 1.93 bits per heavy atom. The number of carbonyl (C=O) groups is 1. The van der Waals surface area contributed by atoms with Crippen molar-refractivity contribution in [3.63, 3.8) is 0 Å². The van der Waals surface area contributed by atoms with E-state index in [1.54, 1.807) is 0 Å². The normalized spacial score (nSPS) is 24.5. The minimum absolute atomic E-state index is 0.0361. The Kier molecular flexibility index (Phi) is 2.73. The summed E-state index contributed by atoms with van der Waals surface area (Å²) in [5.41, 5.74) is -0.352. The highest BCUT2D eigenvalue weighted by Crippen LogP contribution is 2.23. The van der Waals surface area contributed by atoms with E-state index in [-0.39, 0.29) is 17.5 Å². The van der Waals surface area contributed by atoms with Crippen molar-refractivity contribution >= 4 is 5.97 Å². The zero-order chi connectivity index (χ0) is 11.1. The highest BCUT2D eigenvalue weighted by molar-refractivity contribution is 5.74. The van der Waals surface area contributed by atoms with Crippen molar-refractivity contribution in [1.29, 1.82) is 0 Å². The highest BCUT2D eigenvalue weighted by Gasteiger charge is 2.40. The first-order chi connectivity index (χ1) is 6.96. The maximum atomic E-state index is 11.7. The summed E-state index contributed by atoms with van der Waals surface area (Å²) in [5, 5.41) is 3.23. The number of rotatable bonds is 2. The summed E-state index contributed by atoms with van der Waals surface area (Å²) >= 11 is 0. The lowest BCUT2D eigenvalue weighted by Crippen LogP contribution is -2.65. The average molecular weight is 212 g/mol. The van der Waals surface area contributed by atoms with Crippen LogP contribution in [-0.4, -0.2) is 48.7 Å². The number of hydrogen-bond donors (Lipinski definition) is 1. The number of hydrogen-bond acceptors (Lipinski definition) is 4. The summed E-state index contributed by atoms with van der Waals surface area (Å²) in [7, 11) is 0. The SMILES string of the molecule is CC(C)(C)OC(=O)C1CN(C2CNC2)C1. The Labute approximate surface area is 91.0 Å². The van der Waals surface area contributed by atoms with Gasteiger partial charge in [0.2, 0.25) is 0 Å². The van der Waals surface area contributed by atoms with Crippen molar-refractivity contribution in [2.75, 3.05) is 26.2 Å². The van der Waals surface area contributed by atoms with Gasteiger partial charge in [-0.2, -0.15) is 0 Å². The third-order valence-electron chi connectivity index (χ3n) is 2.93. The topological polar surface area (TPSA) is 41.6 Å². The second-order valence-electron chi connectivity index (χ2n) is 5.50. The molecule has 1 N–H and O–H groups in total. The molecule has 0 spiro atoms. The van der Waals surface area contributed by atoms with Gasteiger partial charge < -0.3 is 10.1 Å². The van der Waals surface area contributed by atoms with Crippen LogP contribution < -0.4 is 5.32 Å². The van der Waals surface area contributed by atoms with Crippen LogP contribution >= 0.6 is 0 Å². The van der Waals surface area contributed by atoms with Gasteiger partial charge in [-0.15, -0.1) is 0 Å². The van der Waals surface area contributed by atoms with E-state index in [1.165, 1.54) is 0 Å². The van der Waals surface area contributed by atoms with E-state index in [1.807, 2.05) is 20.8 Å². The molecule has 0 aromatic heterocycles. The Balaban J connectivity index is 1.71. The van der Waals surface area contributed by atoms with Crippen molar-refractivity contribution in [1.82, 2.24) is 10.2 Å². The average Bonchev–Trinajstić information content (AvgIpc) is 1.86. The van der Waals surface area contributed by atoms with Gasteiger partial charge in [0.15, 0.2) is 0 Å². The molecule has 0 bridgehead atoms. The standard InChI is InChI=1S/C11H20N2O2/c1-11(2,3)15-10(14)8-6-13(7-8)9-4-12-5-9/h8-9,12H,4-7H2,1-3H3. The lowest BCUT2D eigenvalue weighted by atomic mass is 9.95. The molecule has 4 heteroatoms. The van der Waals surface area contributed by atoms with Crippen molar-refractivity contribution in [2.24, 2.45) is 5.92 Å². The first kappa shape index (κ1) is 10.9. The maximum Gasteiger partial charge on any atom is 0.312 e. The second kappa shape index (κ2) is 3.76. The van der Waals surface area contributed by atoms with E-state index in [4.69, 9.17) is 4.74 Å². The van der Waals surface area contributed by atoms with Crippen LogP contribution in [0, 0.1) is 5.92 Å². The van der Waals surface area contributed by atoms with Crippen LogP contribution in [-0.2, 0) is 9.53 Å². The van der Waals surface area contributed by atoms with Gasteiger partial charge in [0.1, 0.15) is 5.60 Å². The van der Waals surface area contributed by atoms with Crippen molar-refractivity contribution in [2.45, 2.75) is 32.4 Å². The monoisotopic (exact) mass is 212 g/mol. The summed E-state index contributed by atoms with van der Waals surface area (Å²) in [4.78, 5) is 14.0. The molecule has 0 radical (unpaired) electrons. The van der Waals surface area contributed by atoms with Crippen molar-refractivity contribution in [3.05, 3.63) is 0 Å². The second-order valence-corrected chi connectivity index (χ2v) is 5.50. The molecule has 2 heterocycles. The van der Waals surface area contributed by atoms with Gasteiger partial charge in [-0.05, 0) is 20.8 Å². The number of ether oxygens (including phenoxy) is 1. The van der Waals surface area contributed by atoms with Crippen LogP contribution in [0.25, 0.3) is 0 Å². The predicted molar refractivity (Wildman–Crippen MR) is 57.6 cm³/mol. The quantitative estimate of drug-likeness (QED) is 0.665. The molecule has 2 aliphatic heterocycles. The fraction of sp³-hybridized carbons (Fsp3) is 0.909. The third kappa shape index (κ3) is 2.49. The van der Waals surface area contributed by atoms with Crippen LogP contribution in [0.15, 0.2) is 0 Å². The largest absolute Gasteiger partial charge is 0.460 e. The molecule has 0 saturated carbocycles. The lowest BCUT2D eigenvalue weighted by Gasteiger charge is -2.47. The molecule has 0 atom stereocenters. The van der Waals surface area contributed by atoms with Gasteiger partial charge in [0.05, 0.1) is 5.92 Å². The fourth-order valence-corrected chi connectivity index (χ4v) is 1.88. The van der Waals surface area contributed by atoms with E-state index < -0.39 is 0 Å². The van der Waals surface area contributed by atoms with E-state index in [2.05, 4.69) is 10.2 Å². The van der Waals surface area contributed by atoms with Crippen LogP contribution in [0.1, 0.15) is 20.8 Å². The van der Waals surface area contributed by atoms with Gasteiger partial charge in [0.25, 0.3) is 0 Å². The molecule has 2 aliphatic rings. The molecule has 2 rings (SSSR count). The van der Waals surface area contributed by atoms with Gasteiger partial charge in [-0.3, -0.25) is 9.69 Å². The Morgan fingerprint density at radius 3 is 2.33 bits per heavy atom. The Hall–Kier alpha value is -0.610. The van der Waals surface area contributed by atoms with Crippen LogP contribution in [0.4, 0.5) is 0 Å². The van der Waals surface area contributed by atoms with Gasteiger partial charge in [0, 0.05) is 32.2 Å². The third-order valence-corrected chi connectivity index (χ3v) is 2.93. The summed E-state index contributed by atoms with van der Waals surface area (Å²) in [6, 6.07) is 0.656. The molecule has 2 fully saturated rings. The first-order valence-corrected chi connectivity index (χ1v) is 5.63. The molecular weight excluding hydrogens is 192 g/mol. The van der Waals surface area contributed by atoms with E-state index in [0.717, 1.165) is 26.2 Å². The molecule has 0 unspecified atom stereocenters. The molecule has 4 nitrogen and oxygen atoms in total. The molecule has 0 aromatic rings. The number of nitrogens with zero attached hydrogens (tertiary/aromatic N) is 1. The number of nitrogens with one attached hydrogen (secondary N) is 1. The van der Waals surface area contributed by atoms with E-state index in [9.17, 15) is 4.79 Å². The minimum atomic E-state index is -0.352. The van der Waals surface area contributed by atoms with E-state index in [0.29, 0.717) is 6.04 Å². The fourth-order valence-electron chi connectivity index (χ4n) is 1.88. The van der Waals surface area contributed by atoms with Crippen LogP contribution in [0.5, 0.6) is 0 Å². The summed E-state index contributed by atoms with van der Waals surface area (Å²) < 4.78 is 5.34. The molecule has 0 aliphatic carbocycles. The summed E-state index contributed by atoms with van der Waals surface area (Å²) in [6.45, 7) is 9.64. The molecule has 0 aromatic carbocycles. The number of likely N-dealkylation sites (tertiary alicyclic amines) is 1. The predicted octanol–water partition coefficient (Wildman–Crippen LogP) is 0.232. The lowest BCUT2D eigenvalue weighted by molar-refractivity contribution is -0.167. The smallest absolute Gasteiger partial charge is 0.312 e. The summed E-state index contributed by atoms with van der Waals surface area (Å²) in [5.74, 6) is 0.0656. The molecule has 2 saturated heterocycles. The Bertz CT molecular complexity index is 250. The van der Waals surface area contributed by atoms with Crippen molar-refractivity contribution in [3.8, 4) is 0 Å². The molecule has 15 heavy (non-hydrogen) atoms. The molecule has 0 amide bonds. The van der Waals surface area contributed by atoms with Crippen LogP contribution in [0.2, 0.25) is 0 Å². The maximum absolute atomic E-state index is 11.7. The van der Waals surface area contributed by atoms with Crippen LogP contribution in [0.3, 0.4) is 0 Å². The zero-order valence-electron chi connectivity index (χ0n) is 9.75. The van der Waals surface area contributed by atoms with Gasteiger partial charge in [-0.25, -0.2) is 0 Å². The number of carbonyl (C=O) groups excluding carboxylic acids is 1. The Morgan fingerprint density at radius 1 is 1.33 bits per heavy atom.